The van der Waals surface area contributed by atoms with Crippen molar-refractivity contribution in [2.45, 2.75) is 89.8 Å². The smallest absolute Gasteiger partial charge is 0.0602 e. The molecule has 0 amide bonds. The molecule has 22 heavy (non-hydrogen) atoms. The molecule has 2 saturated heterocycles. The van der Waals surface area contributed by atoms with Crippen molar-refractivity contribution in [1.82, 2.24) is 4.90 Å². The molecule has 4 aliphatic rings. The molecule has 0 aromatic heterocycles. The Labute approximate surface area is 135 Å². The molecular weight excluding hydrogens is 272 g/mol. The van der Waals surface area contributed by atoms with Crippen LogP contribution < -0.4 is 0 Å². The van der Waals surface area contributed by atoms with E-state index in [-0.39, 0.29) is 0 Å². The van der Waals surface area contributed by atoms with Crippen molar-refractivity contribution in [1.29, 1.82) is 0 Å². The van der Waals surface area contributed by atoms with E-state index in [2.05, 4.69) is 23.9 Å². The third-order valence-corrected chi connectivity index (χ3v) is 7.55. The summed E-state index contributed by atoms with van der Waals surface area (Å²) in [6.45, 7) is 4.90. The van der Waals surface area contributed by atoms with Crippen molar-refractivity contribution in [2.24, 2.45) is 28.8 Å². The molecule has 7 atom stereocenters. The summed E-state index contributed by atoms with van der Waals surface area (Å²) in [4.78, 5) is 2.92. The van der Waals surface area contributed by atoms with E-state index in [0.717, 1.165) is 48.3 Å². The zero-order valence-electron chi connectivity index (χ0n) is 14.2. The van der Waals surface area contributed by atoms with Crippen LogP contribution in [0.15, 0.2) is 5.16 Å². The van der Waals surface area contributed by atoms with E-state index in [1.807, 2.05) is 0 Å². The van der Waals surface area contributed by atoms with Crippen molar-refractivity contribution in [3.05, 3.63) is 0 Å². The summed E-state index contributed by atoms with van der Waals surface area (Å²) in [6.07, 6.45) is 12.0. The molecule has 4 fully saturated rings. The SMILES string of the molecule is C[C@@H]1CC[C@H]2C/C(=N\O)C[C@@H]1N2[C@@H]1C[C@H]2CC[C@H](C)[C@H](C2)C1. The Morgan fingerprint density at radius 2 is 1.73 bits per heavy atom. The van der Waals surface area contributed by atoms with Crippen LogP contribution in [0.1, 0.15) is 71.6 Å². The first kappa shape index (κ1) is 15.0. The summed E-state index contributed by atoms with van der Waals surface area (Å²) in [6, 6.07) is 2.10. The van der Waals surface area contributed by atoms with E-state index in [4.69, 9.17) is 0 Å². The summed E-state index contributed by atoms with van der Waals surface area (Å²) in [5.41, 5.74) is 1.06. The lowest BCUT2D eigenvalue weighted by Crippen LogP contribution is -2.61. The Bertz CT molecular complexity index is 449. The van der Waals surface area contributed by atoms with E-state index >= 15 is 0 Å². The van der Waals surface area contributed by atoms with Gasteiger partial charge in [-0.1, -0.05) is 31.8 Å². The topological polar surface area (TPSA) is 35.8 Å². The zero-order valence-corrected chi connectivity index (χ0v) is 14.2. The second kappa shape index (κ2) is 5.81. The highest BCUT2D eigenvalue weighted by Crippen LogP contribution is 2.48. The number of fused-ring (bicyclic) bond motifs is 4. The Hall–Kier alpha value is -0.570. The molecule has 2 heterocycles. The minimum absolute atomic E-state index is 0.637. The average molecular weight is 304 g/mol. The lowest BCUT2D eigenvalue weighted by Gasteiger charge is -2.56. The maximum absolute atomic E-state index is 9.26. The van der Waals surface area contributed by atoms with Crippen LogP contribution in [0.5, 0.6) is 0 Å². The lowest BCUT2D eigenvalue weighted by atomic mass is 9.64. The number of oxime groups is 1. The third kappa shape index (κ3) is 2.50. The fraction of sp³-hybridized carbons (Fsp3) is 0.947. The van der Waals surface area contributed by atoms with Gasteiger partial charge in [-0.2, -0.15) is 0 Å². The minimum Gasteiger partial charge on any atom is -0.411 e. The van der Waals surface area contributed by atoms with E-state index < -0.39 is 0 Å². The Kier molecular flexibility index (Phi) is 3.96. The number of hydrogen-bond donors (Lipinski definition) is 1. The molecule has 124 valence electrons. The highest BCUT2D eigenvalue weighted by atomic mass is 16.4. The highest BCUT2D eigenvalue weighted by Gasteiger charge is 2.46. The number of nitrogens with zero attached hydrogens (tertiary/aromatic N) is 2. The van der Waals surface area contributed by atoms with Gasteiger partial charge < -0.3 is 5.21 Å². The standard InChI is InChI=1S/C19H32N2O/c1-12-3-5-14-7-15(12)9-18(8-14)21-17-6-4-13(2)19(21)11-16(10-17)20-22/h12-15,17-19,22H,3-11H2,1-2H3/b20-16+/t12-,13+,14-,15+,17-,18+,19-/m0/s1. The van der Waals surface area contributed by atoms with E-state index in [1.165, 1.54) is 44.9 Å². The monoisotopic (exact) mass is 304 g/mol. The van der Waals surface area contributed by atoms with Gasteiger partial charge in [0, 0.05) is 31.0 Å². The molecule has 0 radical (unpaired) electrons. The molecule has 4 bridgehead atoms. The Balaban J connectivity index is 1.56. The molecule has 1 N–H and O–H groups in total. The summed E-state index contributed by atoms with van der Waals surface area (Å²) in [7, 11) is 0. The van der Waals surface area contributed by atoms with Gasteiger partial charge in [-0.05, 0) is 55.8 Å². The molecule has 3 heteroatoms. The fourth-order valence-electron chi connectivity index (χ4n) is 6.25. The van der Waals surface area contributed by atoms with Gasteiger partial charge >= 0.3 is 0 Å². The Morgan fingerprint density at radius 3 is 2.55 bits per heavy atom. The number of rotatable bonds is 1. The van der Waals surface area contributed by atoms with Gasteiger partial charge in [0.1, 0.15) is 0 Å². The lowest BCUT2D eigenvalue weighted by molar-refractivity contribution is -0.0435. The van der Waals surface area contributed by atoms with Crippen molar-refractivity contribution >= 4 is 5.71 Å². The third-order valence-electron chi connectivity index (χ3n) is 7.55. The molecular formula is C19H32N2O. The summed E-state index contributed by atoms with van der Waals surface area (Å²) >= 11 is 0. The fourth-order valence-corrected chi connectivity index (χ4v) is 6.25. The van der Waals surface area contributed by atoms with Gasteiger partial charge in [0.15, 0.2) is 0 Å². The Morgan fingerprint density at radius 1 is 0.909 bits per heavy atom. The van der Waals surface area contributed by atoms with Crippen LogP contribution in [0.2, 0.25) is 0 Å². The first-order chi connectivity index (χ1) is 10.7. The quantitative estimate of drug-likeness (QED) is 0.579. The maximum atomic E-state index is 9.26. The second-order valence-corrected chi connectivity index (χ2v) is 8.84. The van der Waals surface area contributed by atoms with Gasteiger partial charge in [-0.3, -0.25) is 4.90 Å². The summed E-state index contributed by atoms with van der Waals surface area (Å²) in [5, 5.41) is 12.9. The van der Waals surface area contributed by atoms with E-state index in [1.54, 1.807) is 0 Å². The normalized spacial score (nSPS) is 51.0. The zero-order chi connectivity index (χ0) is 15.3. The first-order valence-electron chi connectivity index (χ1n) is 9.63. The molecule has 4 rings (SSSR count). The van der Waals surface area contributed by atoms with Crippen LogP contribution in [0, 0.1) is 23.7 Å². The molecule has 3 nitrogen and oxygen atoms in total. The highest BCUT2D eigenvalue weighted by molar-refractivity contribution is 5.86. The molecule has 0 aromatic rings. The van der Waals surface area contributed by atoms with Crippen LogP contribution in [-0.2, 0) is 0 Å². The molecule has 0 spiro atoms. The average Bonchev–Trinajstić information content (AvgIpc) is 2.54. The second-order valence-electron chi connectivity index (χ2n) is 8.84. The number of hydrogen-bond acceptors (Lipinski definition) is 3. The van der Waals surface area contributed by atoms with E-state index in [9.17, 15) is 5.21 Å². The van der Waals surface area contributed by atoms with Gasteiger partial charge in [0.25, 0.3) is 0 Å². The molecule has 2 aliphatic carbocycles. The minimum atomic E-state index is 0.637. The van der Waals surface area contributed by atoms with Crippen molar-refractivity contribution in [3.8, 4) is 0 Å². The molecule has 2 saturated carbocycles. The van der Waals surface area contributed by atoms with Crippen molar-refractivity contribution in [2.75, 3.05) is 0 Å². The molecule has 0 unspecified atom stereocenters. The van der Waals surface area contributed by atoms with Crippen LogP contribution >= 0.6 is 0 Å². The predicted octanol–water partition coefficient (Wildman–Crippen LogP) is 4.29. The molecule has 2 aliphatic heterocycles. The van der Waals surface area contributed by atoms with E-state index in [0.29, 0.717) is 12.1 Å². The van der Waals surface area contributed by atoms with Crippen LogP contribution in [0.3, 0.4) is 0 Å². The van der Waals surface area contributed by atoms with Gasteiger partial charge in [0.05, 0.1) is 5.71 Å². The summed E-state index contributed by atoms with van der Waals surface area (Å²) < 4.78 is 0. The maximum Gasteiger partial charge on any atom is 0.0602 e. The largest absolute Gasteiger partial charge is 0.411 e. The van der Waals surface area contributed by atoms with Crippen LogP contribution in [-0.4, -0.2) is 33.9 Å². The first-order valence-corrected chi connectivity index (χ1v) is 9.63. The predicted molar refractivity (Wildman–Crippen MR) is 89.3 cm³/mol. The van der Waals surface area contributed by atoms with Crippen LogP contribution in [0.4, 0.5) is 0 Å². The molecule has 0 aromatic carbocycles. The van der Waals surface area contributed by atoms with Crippen molar-refractivity contribution < 1.29 is 5.21 Å². The number of piperidine rings is 2. The summed E-state index contributed by atoms with van der Waals surface area (Å²) in [5.74, 6) is 3.66. The van der Waals surface area contributed by atoms with Crippen molar-refractivity contribution in [3.63, 3.8) is 0 Å². The van der Waals surface area contributed by atoms with Gasteiger partial charge in [0.2, 0.25) is 0 Å². The van der Waals surface area contributed by atoms with Gasteiger partial charge in [-0.15, -0.1) is 0 Å². The van der Waals surface area contributed by atoms with Gasteiger partial charge in [-0.25, -0.2) is 0 Å². The van der Waals surface area contributed by atoms with Crippen LogP contribution in [0.25, 0.3) is 0 Å².